The fourth-order valence-electron chi connectivity index (χ4n) is 0.754. The van der Waals surface area contributed by atoms with Crippen LogP contribution in [0.3, 0.4) is 0 Å². The van der Waals surface area contributed by atoms with E-state index in [-0.39, 0.29) is 0 Å². The lowest BCUT2D eigenvalue weighted by atomic mass is 10.5. The van der Waals surface area contributed by atoms with Gasteiger partial charge < -0.3 is 0 Å². The molecule has 0 aliphatic carbocycles. The van der Waals surface area contributed by atoms with Gasteiger partial charge >= 0.3 is 5.69 Å². The number of aromatic nitrogens is 2. The van der Waals surface area contributed by atoms with Gasteiger partial charge in [-0.2, -0.15) is 0 Å². The van der Waals surface area contributed by atoms with Crippen LogP contribution in [0.1, 0.15) is 0 Å². The van der Waals surface area contributed by atoms with E-state index in [1.165, 1.54) is 16.8 Å². The van der Waals surface area contributed by atoms with Gasteiger partial charge in [0.15, 0.2) is 0 Å². The second-order valence-corrected chi connectivity index (χ2v) is 3.38. The van der Waals surface area contributed by atoms with E-state index in [1.807, 2.05) is 0 Å². The van der Waals surface area contributed by atoms with E-state index in [0.29, 0.717) is 11.0 Å². The topological polar surface area (TPSA) is 54.9 Å². The summed E-state index contributed by atoms with van der Waals surface area (Å²) in [7, 11) is 0. The van der Waals surface area contributed by atoms with E-state index < -0.39 is 11.2 Å². The van der Waals surface area contributed by atoms with E-state index >= 15 is 0 Å². The SMILES string of the molecule is C=C(Br)Cn1ccc(=O)[nH]c1=O. The molecule has 0 amide bonds. The molecule has 0 atom stereocenters. The average molecular weight is 231 g/mol. The van der Waals surface area contributed by atoms with E-state index in [2.05, 4.69) is 27.5 Å². The van der Waals surface area contributed by atoms with Gasteiger partial charge in [0, 0.05) is 16.7 Å². The number of hydrogen-bond acceptors (Lipinski definition) is 2. The molecule has 1 N–H and O–H groups in total. The Labute approximate surface area is 76.7 Å². The summed E-state index contributed by atoms with van der Waals surface area (Å²) in [6.45, 7) is 3.94. The van der Waals surface area contributed by atoms with Crippen LogP contribution in [0.2, 0.25) is 0 Å². The highest BCUT2D eigenvalue weighted by molar-refractivity contribution is 9.11. The Hall–Kier alpha value is -1.10. The van der Waals surface area contributed by atoms with Crippen molar-refractivity contribution < 1.29 is 0 Å². The third-order valence-corrected chi connectivity index (χ3v) is 1.49. The number of aromatic amines is 1. The Kier molecular flexibility index (Phi) is 2.65. The van der Waals surface area contributed by atoms with Crippen molar-refractivity contribution in [3.63, 3.8) is 0 Å². The van der Waals surface area contributed by atoms with Gasteiger partial charge in [-0.1, -0.05) is 22.5 Å². The Bertz CT molecular complexity index is 404. The fourth-order valence-corrected chi connectivity index (χ4v) is 1.02. The van der Waals surface area contributed by atoms with Crippen molar-refractivity contribution in [2.24, 2.45) is 0 Å². The molecule has 64 valence electrons. The summed E-state index contributed by atoms with van der Waals surface area (Å²) in [4.78, 5) is 23.8. The first-order valence-electron chi connectivity index (χ1n) is 3.22. The number of nitrogens with one attached hydrogen (secondary N) is 1. The minimum Gasteiger partial charge on any atom is -0.296 e. The van der Waals surface area contributed by atoms with Crippen LogP contribution in [0, 0.1) is 0 Å². The first-order valence-corrected chi connectivity index (χ1v) is 4.02. The van der Waals surface area contributed by atoms with Gasteiger partial charge in [-0.15, -0.1) is 0 Å². The van der Waals surface area contributed by atoms with Crippen molar-refractivity contribution in [2.45, 2.75) is 6.54 Å². The molecule has 12 heavy (non-hydrogen) atoms. The smallest absolute Gasteiger partial charge is 0.296 e. The summed E-state index contributed by atoms with van der Waals surface area (Å²) in [6, 6.07) is 1.29. The van der Waals surface area contributed by atoms with Crippen LogP contribution >= 0.6 is 15.9 Å². The van der Waals surface area contributed by atoms with Crippen LogP contribution in [-0.4, -0.2) is 9.55 Å². The fraction of sp³-hybridized carbons (Fsp3) is 0.143. The third kappa shape index (κ3) is 2.20. The molecule has 0 saturated heterocycles. The molecule has 0 aromatic carbocycles. The maximum Gasteiger partial charge on any atom is 0.328 e. The Morgan fingerprint density at radius 2 is 2.33 bits per heavy atom. The van der Waals surface area contributed by atoms with Gasteiger partial charge in [0.1, 0.15) is 0 Å². The maximum absolute atomic E-state index is 11.0. The van der Waals surface area contributed by atoms with Gasteiger partial charge in [0.05, 0.1) is 6.54 Å². The molecular weight excluding hydrogens is 224 g/mol. The molecule has 0 saturated carbocycles. The summed E-state index contributed by atoms with van der Waals surface area (Å²) in [6.07, 6.45) is 1.42. The number of halogens is 1. The maximum atomic E-state index is 11.0. The van der Waals surface area contributed by atoms with Crippen LogP contribution < -0.4 is 11.2 Å². The molecule has 0 aliphatic rings. The predicted molar refractivity (Wildman–Crippen MR) is 49.4 cm³/mol. The second-order valence-electron chi connectivity index (χ2n) is 2.26. The van der Waals surface area contributed by atoms with E-state index in [4.69, 9.17) is 0 Å². The molecule has 0 spiro atoms. The number of allylic oxidation sites excluding steroid dienone is 1. The normalized spacial score (nSPS) is 9.75. The molecule has 1 aromatic heterocycles. The Balaban J connectivity index is 3.10. The average Bonchev–Trinajstić information content (AvgIpc) is 1.94. The van der Waals surface area contributed by atoms with Crippen LogP contribution in [-0.2, 0) is 6.54 Å². The zero-order valence-corrected chi connectivity index (χ0v) is 7.80. The molecule has 0 fully saturated rings. The van der Waals surface area contributed by atoms with Crippen LogP contribution in [0.4, 0.5) is 0 Å². The highest BCUT2D eigenvalue weighted by Crippen LogP contribution is 2.01. The monoisotopic (exact) mass is 230 g/mol. The molecule has 4 nitrogen and oxygen atoms in total. The van der Waals surface area contributed by atoms with Crippen LogP contribution in [0.25, 0.3) is 0 Å². The van der Waals surface area contributed by atoms with E-state index in [0.717, 1.165) is 0 Å². The quantitative estimate of drug-likeness (QED) is 0.803. The van der Waals surface area contributed by atoms with Gasteiger partial charge in [0.2, 0.25) is 0 Å². The van der Waals surface area contributed by atoms with Gasteiger partial charge in [-0.25, -0.2) is 4.79 Å². The molecule has 0 bridgehead atoms. The number of rotatable bonds is 2. The molecule has 1 heterocycles. The summed E-state index contributed by atoms with van der Waals surface area (Å²) in [5, 5.41) is 0. The minimum atomic E-state index is -0.428. The van der Waals surface area contributed by atoms with Gasteiger partial charge in [-0.3, -0.25) is 14.3 Å². The van der Waals surface area contributed by atoms with Gasteiger partial charge in [-0.05, 0) is 0 Å². The highest BCUT2D eigenvalue weighted by atomic mass is 79.9. The minimum absolute atomic E-state index is 0.357. The highest BCUT2D eigenvalue weighted by Gasteiger charge is 1.95. The van der Waals surface area contributed by atoms with Crippen LogP contribution in [0.15, 0.2) is 32.9 Å². The molecule has 1 rings (SSSR count). The zero-order chi connectivity index (χ0) is 9.14. The van der Waals surface area contributed by atoms with Crippen molar-refractivity contribution in [1.29, 1.82) is 0 Å². The van der Waals surface area contributed by atoms with E-state index in [9.17, 15) is 9.59 Å². The molecule has 5 heteroatoms. The van der Waals surface area contributed by atoms with Crippen molar-refractivity contribution in [2.75, 3.05) is 0 Å². The summed E-state index contributed by atoms with van der Waals surface area (Å²) < 4.78 is 2.02. The third-order valence-electron chi connectivity index (χ3n) is 1.24. The second kappa shape index (κ2) is 3.53. The zero-order valence-electron chi connectivity index (χ0n) is 6.21. The number of hydrogen-bond donors (Lipinski definition) is 1. The number of H-pyrrole nitrogens is 1. The standard InChI is InChI=1S/C7H7BrN2O2/c1-5(8)4-10-3-2-6(11)9-7(10)12/h2-3H,1,4H2,(H,9,11,12). The predicted octanol–water partition coefficient (Wildman–Crippen LogP) is 0.445. The number of nitrogens with zero attached hydrogens (tertiary/aromatic N) is 1. The Morgan fingerprint density at radius 3 is 2.83 bits per heavy atom. The molecular formula is C7H7BrN2O2. The van der Waals surface area contributed by atoms with Crippen molar-refractivity contribution in [3.8, 4) is 0 Å². The first-order chi connectivity index (χ1) is 5.59. The summed E-state index contributed by atoms with van der Waals surface area (Å²) in [5.74, 6) is 0. The van der Waals surface area contributed by atoms with Gasteiger partial charge in [0.25, 0.3) is 5.56 Å². The lowest BCUT2D eigenvalue weighted by Crippen LogP contribution is -2.28. The molecule has 0 radical (unpaired) electrons. The van der Waals surface area contributed by atoms with E-state index in [1.54, 1.807) is 0 Å². The Morgan fingerprint density at radius 1 is 1.67 bits per heavy atom. The molecule has 0 aliphatic heterocycles. The molecule has 0 unspecified atom stereocenters. The lowest BCUT2D eigenvalue weighted by Gasteiger charge is -2.00. The van der Waals surface area contributed by atoms with Crippen molar-refractivity contribution in [3.05, 3.63) is 44.2 Å². The largest absolute Gasteiger partial charge is 0.328 e. The van der Waals surface area contributed by atoms with Crippen molar-refractivity contribution in [1.82, 2.24) is 9.55 Å². The van der Waals surface area contributed by atoms with Crippen LogP contribution in [0.5, 0.6) is 0 Å². The lowest BCUT2D eigenvalue weighted by molar-refractivity contribution is 0.732. The van der Waals surface area contributed by atoms with Crippen molar-refractivity contribution >= 4 is 15.9 Å². The first kappa shape index (κ1) is 8.99. The summed E-state index contributed by atoms with van der Waals surface area (Å²) >= 11 is 3.12. The summed E-state index contributed by atoms with van der Waals surface area (Å²) in [5.41, 5.74) is -0.820. The molecule has 1 aromatic rings.